The summed E-state index contributed by atoms with van der Waals surface area (Å²) in [5.41, 5.74) is 0. The molecule has 1 fully saturated rings. The largest absolute Gasteiger partial charge is 0.431 e. The Kier molecular flexibility index (Phi) is 13.1. The van der Waals surface area contributed by atoms with E-state index >= 15 is 0 Å². The number of hydrogen-bond acceptors (Lipinski definition) is 6. The topological polar surface area (TPSA) is 65.0 Å². The molecule has 22 heavy (non-hydrogen) atoms. The second-order valence-corrected chi connectivity index (χ2v) is 6.92. The fraction of sp³-hybridized carbons (Fsp3) is 0.933. The predicted molar refractivity (Wildman–Crippen MR) is 98.2 cm³/mol. The molecule has 5 nitrogen and oxygen atoms in total. The van der Waals surface area contributed by atoms with Crippen LogP contribution in [-0.2, 0) is 17.3 Å². The van der Waals surface area contributed by atoms with Gasteiger partial charge in [0.25, 0.3) is 0 Å². The fourth-order valence-electron chi connectivity index (χ4n) is 2.21. The van der Waals surface area contributed by atoms with Gasteiger partial charge in [0, 0.05) is 20.5 Å². The number of rotatable bonds is 7. The van der Waals surface area contributed by atoms with Gasteiger partial charge in [0.15, 0.2) is 0 Å². The summed E-state index contributed by atoms with van der Waals surface area (Å²) in [4.78, 5) is 11.5. The Labute approximate surface area is 153 Å². The SMILES string of the molecule is CC(C)(OI)OC(=O)COCC1CCC(CO)CC1.CCS. The van der Waals surface area contributed by atoms with Gasteiger partial charge >= 0.3 is 5.97 Å². The lowest BCUT2D eigenvalue weighted by molar-refractivity contribution is -0.183. The van der Waals surface area contributed by atoms with Crippen LogP contribution in [-0.4, -0.2) is 42.4 Å². The molecule has 0 spiro atoms. The van der Waals surface area contributed by atoms with Crippen LogP contribution in [0.4, 0.5) is 0 Å². The minimum Gasteiger partial charge on any atom is -0.431 e. The van der Waals surface area contributed by atoms with E-state index in [2.05, 4.69) is 12.6 Å². The highest BCUT2D eigenvalue weighted by Crippen LogP contribution is 2.28. The van der Waals surface area contributed by atoms with Gasteiger partial charge in [0.05, 0.1) is 6.61 Å². The number of carbonyl (C=O) groups is 1. The summed E-state index contributed by atoms with van der Waals surface area (Å²) >= 11 is 5.49. The number of ether oxygens (including phenoxy) is 2. The Morgan fingerprint density at radius 1 is 1.27 bits per heavy atom. The number of halogens is 1. The van der Waals surface area contributed by atoms with E-state index in [1.54, 1.807) is 36.9 Å². The molecule has 1 aliphatic rings. The molecule has 0 saturated heterocycles. The Morgan fingerprint density at radius 2 is 1.77 bits per heavy atom. The van der Waals surface area contributed by atoms with Gasteiger partial charge in [0.1, 0.15) is 29.6 Å². The Hall–Kier alpha value is 0.430. The lowest BCUT2D eigenvalue weighted by atomic mass is 9.83. The molecule has 132 valence electrons. The quantitative estimate of drug-likeness (QED) is 0.271. The van der Waals surface area contributed by atoms with Gasteiger partial charge in [-0.2, -0.15) is 12.6 Å². The number of hydrogen-bond donors (Lipinski definition) is 2. The van der Waals surface area contributed by atoms with E-state index in [9.17, 15) is 4.79 Å². The molecule has 0 aromatic carbocycles. The first-order valence-corrected chi connectivity index (χ1v) is 9.20. The third-order valence-electron chi connectivity index (χ3n) is 3.34. The van der Waals surface area contributed by atoms with Gasteiger partial charge in [0.2, 0.25) is 5.79 Å². The molecule has 0 aromatic heterocycles. The zero-order valence-corrected chi connectivity index (χ0v) is 16.8. The maximum absolute atomic E-state index is 11.5. The van der Waals surface area contributed by atoms with Gasteiger partial charge in [-0.15, -0.1) is 0 Å². The average Bonchev–Trinajstić information content (AvgIpc) is 2.48. The number of aliphatic hydroxyl groups excluding tert-OH is 1. The molecule has 0 bridgehead atoms. The van der Waals surface area contributed by atoms with E-state index < -0.39 is 11.8 Å². The van der Waals surface area contributed by atoms with Crippen molar-refractivity contribution >= 4 is 41.6 Å². The zero-order valence-electron chi connectivity index (χ0n) is 13.7. The molecule has 0 aliphatic heterocycles. The lowest BCUT2D eigenvalue weighted by Gasteiger charge is -2.27. The van der Waals surface area contributed by atoms with Crippen LogP contribution in [0, 0.1) is 11.8 Å². The molecule has 0 aromatic rings. The van der Waals surface area contributed by atoms with Crippen LogP contribution in [0.1, 0.15) is 46.5 Å². The van der Waals surface area contributed by atoms with Crippen LogP contribution in [0.5, 0.6) is 0 Å². The van der Waals surface area contributed by atoms with Crippen molar-refractivity contribution in [2.24, 2.45) is 11.8 Å². The monoisotopic (exact) mass is 448 g/mol. The minimum absolute atomic E-state index is 0.0383. The minimum atomic E-state index is -0.916. The van der Waals surface area contributed by atoms with E-state index in [1.807, 2.05) is 6.92 Å². The third kappa shape index (κ3) is 11.0. The molecule has 0 heterocycles. The number of thiol groups is 1. The summed E-state index contributed by atoms with van der Waals surface area (Å²) < 4.78 is 15.5. The van der Waals surface area contributed by atoms with Gasteiger partial charge in [-0.1, -0.05) is 6.92 Å². The lowest BCUT2D eigenvalue weighted by Crippen LogP contribution is -2.30. The van der Waals surface area contributed by atoms with Crippen molar-refractivity contribution in [2.45, 2.75) is 52.2 Å². The number of esters is 1. The highest BCUT2D eigenvalue weighted by Gasteiger charge is 2.24. The molecular weight excluding hydrogens is 419 g/mol. The van der Waals surface area contributed by atoms with Crippen LogP contribution in [0.3, 0.4) is 0 Å². The highest BCUT2D eigenvalue weighted by atomic mass is 127. The molecule has 1 saturated carbocycles. The maximum Gasteiger partial charge on any atom is 0.334 e. The summed E-state index contributed by atoms with van der Waals surface area (Å²) in [7, 11) is 0. The smallest absolute Gasteiger partial charge is 0.334 e. The second-order valence-electron chi connectivity index (χ2n) is 5.85. The molecule has 0 radical (unpaired) electrons. The first kappa shape index (κ1) is 22.4. The third-order valence-corrected chi connectivity index (χ3v) is 4.40. The second kappa shape index (κ2) is 12.8. The van der Waals surface area contributed by atoms with E-state index in [-0.39, 0.29) is 13.2 Å². The predicted octanol–water partition coefficient (Wildman–Crippen LogP) is 3.38. The molecule has 0 atom stereocenters. The molecule has 1 rings (SSSR count). The summed E-state index contributed by atoms with van der Waals surface area (Å²) in [6, 6.07) is 0. The maximum atomic E-state index is 11.5. The number of aliphatic hydroxyl groups is 1. The van der Waals surface area contributed by atoms with Crippen LogP contribution >= 0.6 is 35.6 Å². The first-order valence-electron chi connectivity index (χ1n) is 7.69. The van der Waals surface area contributed by atoms with E-state index in [4.69, 9.17) is 17.6 Å². The molecule has 1 aliphatic carbocycles. The van der Waals surface area contributed by atoms with Crippen molar-refractivity contribution in [3.63, 3.8) is 0 Å². The van der Waals surface area contributed by atoms with Crippen LogP contribution < -0.4 is 0 Å². The Morgan fingerprint density at radius 3 is 2.23 bits per heavy atom. The van der Waals surface area contributed by atoms with Gasteiger partial charge < -0.3 is 14.6 Å². The zero-order chi connectivity index (χ0) is 17.0. The van der Waals surface area contributed by atoms with E-state index in [0.29, 0.717) is 18.4 Å². The van der Waals surface area contributed by atoms with Crippen LogP contribution in [0.25, 0.3) is 0 Å². The van der Waals surface area contributed by atoms with Gasteiger partial charge in [-0.3, -0.25) is 3.07 Å². The summed E-state index contributed by atoms with van der Waals surface area (Å²) in [5, 5.41) is 9.05. The van der Waals surface area contributed by atoms with Crippen molar-refractivity contribution in [1.29, 1.82) is 0 Å². The highest BCUT2D eigenvalue weighted by molar-refractivity contribution is 14.1. The molecule has 0 unspecified atom stereocenters. The Bertz CT molecular complexity index is 294. The van der Waals surface area contributed by atoms with Crippen LogP contribution in [0.2, 0.25) is 0 Å². The summed E-state index contributed by atoms with van der Waals surface area (Å²) in [5.74, 6) is 0.554. The summed E-state index contributed by atoms with van der Waals surface area (Å²) in [6.45, 7) is 6.16. The molecule has 0 amide bonds. The summed E-state index contributed by atoms with van der Waals surface area (Å²) in [6.07, 6.45) is 4.21. The number of carbonyl (C=O) groups excluding carboxylic acids is 1. The molecular formula is C15H29IO5S. The van der Waals surface area contributed by atoms with E-state index in [1.165, 1.54) is 0 Å². The van der Waals surface area contributed by atoms with Gasteiger partial charge in [-0.05, 0) is 43.3 Å². The average molecular weight is 448 g/mol. The van der Waals surface area contributed by atoms with E-state index in [0.717, 1.165) is 31.4 Å². The standard InChI is InChI=1S/C13H23IO5.C2H6S/c1-13(2,19-14)18-12(16)9-17-8-11-5-3-10(7-15)4-6-11;1-2-3/h10-11,15H,3-9H2,1-2H3;3H,2H2,1H3. The Balaban J connectivity index is 0.00000135. The van der Waals surface area contributed by atoms with Crippen molar-refractivity contribution in [3.8, 4) is 0 Å². The fourth-order valence-corrected chi connectivity index (χ4v) is 2.30. The van der Waals surface area contributed by atoms with Crippen molar-refractivity contribution in [1.82, 2.24) is 0 Å². The molecule has 1 N–H and O–H groups in total. The van der Waals surface area contributed by atoms with Crippen molar-refractivity contribution in [3.05, 3.63) is 0 Å². The normalized spacial score (nSPS) is 21.7. The molecule has 7 heteroatoms. The van der Waals surface area contributed by atoms with Crippen molar-refractivity contribution in [2.75, 3.05) is 25.6 Å². The van der Waals surface area contributed by atoms with Crippen molar-refractivity contribution < 1.29 is 22.4 Å². The van der Waals surface area contributed by atoms with Crippen LogP contribution in [0.15, 0.2) is 0 Å². The first-order chi connectivity index (χ1) is 10.4. The van der Waals surface area contributed by atoms with Gasteiger partial charge in [-0.25, -0.2) is 4.79 Å².